The lowest BCUT2D eigenvalue weighted by Gasteiger charge is -2.14. The van der Waals surface area contributed by atoms with Crippen LogP contribution in [0.5, 0.6) is 0 Å². The van der Waals surface area contributed by atoms with Crippen LogP contribution in [0.1, 0.15) is 30.9 Å². The SMILES string of the molecule is C/C=C/C(/C(C)=C/c1ccccc1)c1ccccc1. The fraction of sp³-hybridized carbons (Fsp3) is 0.158. The van der Waals surface area contributed by atoms with Crippen LogP contribution in [0.15, 0.2) is 78.4 Å². The van der Waals surface area contributed by atoms with Crippen molar-refractivity contribution < 1.29 is 0 Å². The van der Waals surface area contributed by atoms with Crippen molar-refractivity contribution in [1.82, 2.24) is 0 Å². The molecule has 19 heavy (non-hydrogen) atoms. The van der Waals surface area contributed by atoms with Gasteiger partial charge in [-0.25, -0.2) is 0 Å². The molecule has 0 spiro atoms. The van der Waals surface area contributed by atoms with E-state index in [9.17, 15) is 0 Å². The molecule has 2 aromatic rings. The molecular formula is C19H20. The topological polar surface area (TPSA) is 0 Å². The molecule has 2 aromatic carbocycles. The number of allylic oxidation sites excluding steroid dienone is 3. The molecule has 0 bridgehead atoms. The second-order valence-corrected chi connectivity index (χ2v) is 4.71. The lowest BCUT2D eigenvalue weighted by atomic mass is 9.90. The van der Waals surface area contributed by atoms with Gasteiger partial charge in [0.2, 0.25) is 0 Å². The van der Waals surface area contributed by atoms with Crippen molar-refractivity contribution >= 4 is 6.08 Å². The highest BCUT2D eigenvalue weighted by molar-refractivity contribution is 5.55. The van der Waals surface area contributed by atoms with E-state index in [1.54, 1.807) is 0 Å². The number of hydrogen-bond acceptors (Lipinski definition) is 0. The van der Waals surface area contributed by atoms with Crippen LogP contribution < -0.4 is 0 Å². The van der Waals surface area contributed by atoms with Gasteiger partial charge in [0.05, 0.1) is 0 Å². The Hall–Kier alpha value is -2.08. The zero-order valence-corrected chi connectivity index (χ0v) is 11.6. The lowest BCUT2D eigenvalue weighted by molar-refractivity contribution is 0.997. The highest BCUT2D eigenvalue weighted by Crippen LogP contribution is 2.27. The van der Waals surface area contributed by atoms with Gasteiger partial charge in [-0.3, -0.25) is 0 Å². The van der Waals surface area contributed by atoms with E-state index in [4.69, 9.17) is 0 Å². The highest BCUT2D eigenvalue weighted by atomic mass is 14.1. The van der Waals surface area contributed by atoms with E-state index < -0.39 is 0 Å². The number of rotatable bonds is 4. The van der Waals surface area contributed by atoms with Gasteiger partial charge in [-0.05, 0) is 25.0 Å². The van der Waals surface area contributed by atoms with Crippen LogP contribution in [0.2, 0.25) is 0 Å². The molecule has 0 nitrogen and oxygen atoms in total. The monoisotopic (exact) mass is 248 g/mol. The minimum atomic E-state index is 0.353. The summed E-state index contributed by atoms with van der Waals surface area (Å²) in [5.74, 6) is 0.353. The molecule has 0 saturated heterocycles. The molecule has 1 unspecified atom stereocenters. The van der Waals surface area contributed by atoms with E-state index in [2.05, 4.69) is 86.7 Å². The fourth-order valence-corrected chi connectivity index (χ4v) is 2.28. The molecule has 0 heterocycles. The molecule has 0 aliphatic carbocycles. The molecule has 0 aliphatic rings. The van der Waals surface area contributed by atoms with Crippen molar-refractivity contribution in [3.8, 4) is 0 Å². The van der Waals surface area contributed by atoms with Gasteiger partial charge >= 0.3 is 0 Å². The minimum Gasteiger partial charge on any atom is -0.0907 e. The van der Waals surface area contributed by atoms with E-state index in [0.717, 1.165) is 0 Å². The zero-order chi connectivity index (χ0) is 13.5. The predicted octanol–water partition coefficient (Wildman–Crippen LogP) is 5.45. The van der Waals surface area contributed by atoms with Crippen LogP contribution in [0, 0.1) is 0 Å². The second-order valence-electron chi connectivity index (χ2n) is 4.71. The summed E-state index contributed by atoms with van der Waals surface area (Å²) in [6.07, 6.45) is 6.64. The molecule has 1 atom stereocenters. The summed E-state index contributed by atoms with van der Waals surface area (Å²) in [7, 11) is 0. The molecule has 0 fully saturated rings. The molecule has 0 aromatic heterocycles. The fourth-order valence-electron chi connectivity index (χ4n) is 2.28. The van der Waals surface area contributed by atoms with Crippen molar-refractivity contribution in [1.29, 1.82) is 0 Å². The molecule has 0 saturated carbocycles. The largest absolute Gasteiger partial charge is 0.0907 e. The molecule has 0 heteroatoms. The third kappa shape index (κ3) is 3.69. The minimum absolute atomic E-state index is 0.353. The van der Waals surface area contributed by atoms with Crippen molar-refractivity contribution in [2.24, 2.45) is 0 Å². The van der Waals surface area contributed by atoms with Crippen molar-refractivity contribution in [3.05, 3.63) is 89.5 Å². The third-order valence-corrected chi connectivity index (χ3v) is 3.23. The third-order valence-electron chi connectivity index (χ3n) is 3.23. The summed E-state index contributed by atoms with van der Waals surface area (Å²) in [6.45, 7) is 4.27. The normalized spacial score (nSPS) is 13.7. The molecule has 0 N–H and O–H groups in total. The van der Waals surface area contributed by atoms with Gasteiger partial charge in [0, 0.05) is 5.92 Å². The first-order valence-electron chi connectivity index (χ1n) is 6.72. The first-order valence-corrected chi connectivity index (χ1v) is 6.72. The second kappa shape index (κ2) is 6.75. The Morgan fingerprint density at radius 2 is 1.47 bits per heavy atom. The zero-order valence-electron chi connectivity index (χ0n) is 11.6. The van der Waals surface area contributed by atoms with Gasteiger partial charge in [-0.15, -0.1) is 0 Å². The van der Waals surface area contributed by atoms with Crippen LogP contribution in [-0.4, -0.2) is 0 Å². The lowest BCUT2D eigenvalue weighted by Crippen LogP contribution is -1.96. The van der Waals surface area contributed by atoms with Crippen LogP contribution in [0.3, 0.4) is 0 Å². The van der Waals surface area contributed by atoms with Gasteiger partial charge < -0.3 is 0 Å². The summed E-state index contributed by atoms with van der Waals surface area (Å²) in [5, 5.41) is 0. The Bertz CT molecular complexity index is 547. The van der Waals surface area contributed by atoms with Crippen LogP contribution in [-0.2, 0) is 0 Å². The van der Waals surface area contributed by atoms with E-state index in [1.165, 1.54) is 16.7 Å². The predicted molar refractivity (Wildman–Crippen MR) is 84.1 cm³/mol. The maximum atomic E-state index is 2.26. The molecule has 0 radical (unpaired) electrons. The van der Waals surface area contributed by atoms with Gasteiger partial charge in [0.1, 0.15) is 0 Å². The van der Waals surface area contributed by atoms with Crippen molar-refractivity contribution in [3.63, 3.8) is 0 Å². The average molecular weight is 248 g/mol. The molecule has 96 valence electrons. The van der Waals surface area contributed by atoms with Crippen LogP contribution >= 0.6 is 0 Å². The van der Waals surface area contributed by atoms with Crippen molar-refractivity contribution in [2.45, 2.75) is 19.8 Å². The Morgan fingerprint density at radius 3 is 2.05 bits per heavy atom. The van der Waals surface area contributed by atoms with E-state index in [0.29, 0.717) is 5.92 Å². The van der Waals surface area contributed by atoms with Gasteiger partial charge in [-0.1, -0.05) is 84.5 Å². The maximum Gasteiger partial charge on any atom is 0.0228 e. The molecular weight excluding hydrogens is 228 g/mol. The average Bonchev–Trinajstić information content (AvgIpc) is 2.46. The van der Waals surface area contributed by atoms with E-state index >= 15 is 0 Å². The summed E-state index contributed by atoms with van der Waals surface area (Å²) in [5.41, 5.74) is 3.95. The smallest absolute Gasteiger partial charge is 0.0228 e. The summed E-state index contributed by atoms with van der Waals surface area (Å²) >= 11 is 0. The Balaban J connectivity index is 2.32. The van der Waals surface area contributed by atoms with Gasteiger partial charge in [-0.2, -0.15) is 0 Å². The standard InChI is InChI=1S/C19H20/c1-3-10-19(18-13-8-5-9-14-18)16(2)15-17-11-6-4-7-12-17/h3-15,19H,1-2H3/b10-3+,16-15+. The Kier molecular flexibility index (Phi) is 4.74. The van der Waals surface area contributed by atoms with E-state index in [-0.39, 0.29) is 0 Å². The Labute approximate surface area is 116 Å². The summed E-state index contributed by atoms with van der Waals surface area (Å²) < 4.78 is 0. The van der Waals surface area contributed by atoms with Gasteiger partial charge in [0.25, 0.3) is 0 Å². The number of benzene rings is 2. The van der Waals surface area contributed by atoms with Crippen LogP contribution in [0.25, 0.3) is 6.08 Å². The van der Waals surface area contributed by atoms with Crippen LogP contribution in [0.4, 0.5) is 0 Å². The molecule has 0 amide bonds. The van der Waals surface area contributed by atoms with E-state index in [1.807, 2.05) is 6.07 Å². The van der Waals surface area contributed by atoms with Gasteiger partial charge in [0.15, 0.2) is 0 Å². The first-order chi connectivity index (χ1) is 9.31. The number of hydrogen-bond donors (Lipinski definition) is 0. The molecule has 2 rings (SSSR count). The quantitative estimate of drug-likeness (QED) is 0.631. The summed E-state index contributed by atoms with van der Waals surface area (Å²) in [4.78, 5) is 0. The first kappa shape index (κ1) is 13.4. The molecule has 0 aliphatic heterocycles. The Morgan fingerprint density at radius 1 is 0.895 bits per heavy atom. The summed E-state index contributed by atoms with van der Waals surface area (Å²) in [6, 6.07) is 21.1. The highest BCUT2D eigenvalue weighted by Gasteiger charge is 2.09. The maximum absolute atomic E-state index is 2.26. The van der Waals surface area contributed by atoms with Crippen molar-refractivity contribution in [2.75, 3.05) is 0 Å².